The first-order chi connectivity index (χ1) is 11.0. The topological polar surface area (TPSA) is 53.6 Å². The molecule has 0 fully saturated rings. The molecule has 2 aromatic carbocycles. The van der Waals surface area contributed by atoms with Gasteiger partial charge in [-0.1, -0.05) is 36.4 Å². The Labute approximate surface area is 172 Å². The summed E-state index contributed by atoms with van der Waals surface area (Å²) < 4.78 is 6.84. The van der Waals surface area contributed by atoms with E-state index in [1.54, 1.807) is 18.4 Å². The molecule has 0 atom stereocenters. The first kappa shape index (κ1) is 25.7. The summed E-state index contributed by atoms with van der Waals surface area (Å²) in [5.41, 5.74) is 1.85. The van der Waals surface area contributed by atoms with E-state index in [9.17, 15) is 0 Å². The summed E-state index contributed by atoms with van der Waals surface area (Å²) in [5, 5.41) is 17.8. The van der Waals surface area contributed by atoms with E-state index in [2.05, 4.69) is 0 Å². The van der Waals surface area contributed by atoms with E-state index in [-0.39, 0.29) is 24.8 Å². The van der Waals surface area contributed by atoms with Gasteiger partial charge >= 0.3 is 52.9 Å². The van der Waals surface area contributed by atoms with Crippen molar-refractivity contribution in [2.24, 2.45) is 0 Å². The van der Waals surface area contributed by atoms with Gasteiger partial charge in [0, 0.05) is 0 Å². The van der Waals surface area contributed by atoms with Crippen LogP contribution >= 0.6 is 24.8 Å². The summed E-state index contributed by atoms with van der Waals surface area (Å²) in [7, 11) is 0. The number of para-hydroxylation sites is 2. The van der Waals surface area contributed by atoms with E-state index in [0.717, 1.165) is 16.9 Å². The molecule has 1 aromatic heterocycles. The number of rotatable bonds is 1. The van der Waals surface area contributed by atoms with Crippen molar-refractivity contribution in [1.82, 2.24) is 0 Å². The molecule has 0 aliphatic rings. The van der Waals surface area contributed by atoms with E-state index in [0.29, 0.717) is 11.5 Å². The molecule has 1 heterocycles. The van der Waals surface area contributed by atoms with Crippen LogP contribution in [0.3, 0.4) is 0 Å². The molecule has 0 unspecified atom stereocenters. The summed E-state index contributed by atoms with van der Waals surface area (Å²) in [4.78, 5) is 0. The minimum atomic E-state index is 0. The van der Waals surface area contributed by atoms with Crippen LogP contribution in [0.2, 0.25) is 0 Å². The Hall–Kier alpha value is -1.52. The zero-order valence-electron chi connectivity index (χ0n) is 14.0. The van der Waals surface area contributed by atoms with E-state index in [1.165, 1.54) is 0 Å². The van der Waals surface area contributed by atoms with Crippen LogP contribution in [0.4, 0.5) is 0 Å². The average Bonchev–Trinajstić information content (AvgIpc) is 3.08. The van der Waals surface area contributed by atoms with Gasteiger partial charge in [-0.15, -0.1) is 24.8 Å². The van der Waals surface area contributed by atoms with Gasteiger partial charge < -0.3 is 10.2 Å². The van der Waals surface area contributed by atoms with Gasteiger partial charge in [-0.3, -0.25) is 0 Å². The Morgan fingerprint density at radius 2 is 1.20 bits per heavy atom. The third-order valence-corrected chi connectivity index (χ3v) is 3.36. The molecule has 3 nitrogen and oxygen atoms in total. The van der Waals surface area contributed by atoms with Crippen molar-refractivity contribution < 1.29 is 34.6 Å². The molecule has 6 heteroatoms. The van der Waals surface area contributed by atoms with Gasteiger partial charge in [0.1, 0.15) is 11.5 Å². The fraction of sp³-hybridized carbons (Fsp3) is 0.105. The second kappa shape index (κ2) is 14.8. The van der Waals surface area contributed by atoms with Crippen LogP contribution in [-0.2, 0) is 20.0 Å². The van der Waals surface area contributed by atoms with Crippen molar-refractivity contribution in [3.8, 4) is 11.5 Å². The Bertz CT molecular complexity index is 631. The maximum absolute atomic E-state index is 8.92. The SMILES string of the molecule is Cc1ccccc1O.Cc1ccccc1O.Cl.Cl.[Ti]=[CH]c1ccco1. The summed E-state index contributed by atoms with van der Waals surface area (Å²) >= 11 is 1.94. The molecule has 0 saturated carbocycles. The maximum atomic E-state index is 8.92. The van der Waals surface area contributed by atoms with Crippen molar-refractivity contribution in [3.63, 3.8) is 0 Å². The second-order valence-electron chi connectivity index (χ2n) is 4.73. The van der Waals surface area contributed by atoms with E-state index < -0.39 is 0 Å². The van der Waals surface area contributed by atoms with Crippen LogP contribution in [0.25, 0.3) is 0 Å². The number of aromatic hydroxyl groups is 2. The molecule has 3 aromatic rings. The molecule has 0 spiro atoms. The zero-order chi connectivity index (χ0) is 17.1. The van der Waals surface area contributed by atoms with Crippen LogP contribution in [0.5, 0.6) is 11.5 Å². The quantitative estimate of drug-likeness (QED) is 0.534. The van der Waals surface area contributed by atoms with Crippen LogP contribution in [0, 0.1) is 13.8 Å². The molecule has 25 heavy (non-hydrogen) atoms. The average molecular weight is 417 g/mol. The van der Waals surface area contributed by atoms with Gasteiger partial charge in [0.15, 0.2) is 0 Å². The van der Waals surface area contributed by atoms with Gasteiger partial charge in [0.25, 0.3) is 0 Å². The Morgan fingerprint density at radius 1 is 0.760 bits per heavy atom. The monoisotopic (exact) mass is 416 g/mol. The summed E-state index contributed by atoms with van der Waals surface area (Å²) in [6.07, 6.45) is 1.66. The molecule has 3 rings (SSSR count). The summed E-state index contributed by atoms with van der Waals surface area (Å²) in [5.74, 6) is 1.67. The Morgan fingerprint density at radius 3 is 1.40 bits per heavy atom. The third kappa shape index (κ3) is 10.9. The molecule has 0 aliphatic carbocycles. The molecule has 0 radical (unpaired) electrons. The second-order valence-corrected chi connectivity index (χ2v) is 5.18. The number of phenols is 2. The van der Waals surface area contributed by atoms with Crippen molar-refractivity contribution in [2.75, 3.05) is 0 Å². The van der Waals surface area contributed by atoms with Crippen molar-refractivity contribution in [2.45, 2.75) is 13.8 Å². The fourth-order valence-electron chi connectivity index (χ4n) is 1.50. The normalized spacial score (nSPS) is 8.20. The predicted octanol–water partition coefficient (Wildman–Crippen LogP) is 5.22. The zero-order valence-corrected chi connectivity index (χ0v) is 17.2. The van der Waals surface area contributed by atoms with E-state index in [4.69, 9.17) is 14.6 Å². The predicted molar refractivity (Wildman–Crippen MR) is 104 cm³/mol. The molecule has 0 bridgehead atoms. The molecule has 0 aliphatic heterocycles. The van der Waals surface area contributed by atoms with Gasteiger partial charge in [-0.05, 0) is 37.1 Å². The first-order valence-electron chi connectivity index (χ1n) is 7.07. The Kier molecular flexibility index (Phi) is 15.2. The molecule has 0 amide bonds. The molecular weight excluding hydrogens is 395 g/mol. The number of benzene rings is 2. The standard InChI is InChI=1S/2C7H8O.C5H4O.2ClH.Ti/c2*1-6-4-2-3-5-7(6)8;1-5-3-2-4-6-5;;;/h2*2-5,8H,1H3;1-4H;2*1H;. The van der Waals surface area contributed by atoms with Gasteiger partial charge in [0.2, 0.25) is 0 Å². The van der Waals surface area contributed by atoms with Gasteiger partial charge in [-0.25, -0.2) is 0 Å². The summed E-state index contributed by atoms with van der Waals surface area (Å²) in [6.45, 7) is 3.74. The van der Waals surface area contributed by atoms with Crippen LogP contribution in [0.1, 0.15) is 16.9 Å². The first-order valence-corrected chi connectivity index (χ1v) is 7.98. The third-order valence-electron chi connectivity index (χ3n) is 2.92. The Balaban J connectivity index is 0. The number of aryl methyl sites for hydroxylation is 2. The van der Waals surface area contributed by atoms with Crippen molar-refractivity contribution in [3.05, 3.63) is 83.8 Å². The van der Waals surface area contributed by atoms with Gasteiger partial charge in [0.05, 0.1) is 0 Å². The van der Waals surface area contributed by atoms with E-state index in [1.807, 2.05) is 86.7 Å². The van der Waals surface area contributed by atoms with Crippen LogP contribution in [-0.4, -0.2) is 14.5 Å². The van der Waals surface area contributed by atoms with Crippen molar-refractivity contribution >= 4 is 29.1 Å². The molecule has 134 valence electrons. The van der Waals surface area contributed by atoms with Crippen LogP contribution in [0.15, 0.2) is 71.3 Å². The number of phenolic OH excluding ortho intramolecular Hbond substituents is 2. The summed E-state index contributed by atoms with van der Waals surface area (Å²) in [6, 6.07) is 18.3. The minimum absolute atomic E-state index is 0. The van der Waals surface area contributed by atoms with Gasteiger partial charge in [-0.2, -0.15) is 0 Å². The number of furan rings is 1. The molecular formula is C19H22Cl2O3Ti. The van der Waals surface area contributed by atoms with Crippen molar-refractivity contribution in [1.29, 1.82) is 0 Å². The number of hydrogen-bond donors (Lipinski definition) is 2. The molecule has 0 saturated heterocycles. The molecule has 2 N–H and O–H groups in total. The number of hydrogen-bond acceptors (Lipinski definition) is 3. The number of halogens is 2. The fourth-order valence-corrected chi connectivity index (χ4v) is 1.76. The van der Waals surface area contributed by atoms with Crippen LogP contribution < -0.4 is 0 Å². The van der Waals surface area contributed by atoms with E-state index >= 15 is 0 Å².